The molecule has 0 aromatic heterocycles. The number of hydrogen-bond donors (Lipinski definition) is 1. The first kappa shape index (κ1) is 65.1. The average Bonchev–Trinajstić information content (AvgIpc) is 3.33. The van der Waals surface area contributed by atoms with Crippen molar-refractivity contribution >= 4 is 11.9 Å². The molecule has 0 spiro atoms. The van der Waals surface area contributed by atoms with Crippen molar-refractivity contribution in [3.05, 3.63) is 36.5 Å². The first-order chi connectivity index (χ1) is 33.1. The molecule has 5 heteroatoms. The van der Waals surface area contributed by atoms with E-state index in [-0.39, 0.29) is 25.2 Å². The van der Waals surface area contributed by atoms with Crippen LogP contribution in [0.25, 0.3) is 0 Å². The van der Waals surface area contributed by atoms with Gasteiger partial charge in [0.05, 0.1) is 6.61 Å². The van der Waals surface area contributed by atoms with Gasteiger partial charge in [-0.25, -0.2) is 0 Å². The highest BCUT2D eigenvalue weighted by molar-refractivity contribution is 5.70. The van der Waals surface area contributed by atoms with Crippen molar-refractivity contribution in [2.75, 3.05) is 13.2 Å². The van der Waals surface area contributed by atoms with Gasteiger partial charge in [0.15, 0.2) is 6.10 Å². The summed E-state index contributed by atoms with van der Waals surface area (Å²) < 4.78 is 10.7. The van der Waals surface area contributed by atoms with Gasteiger partial charge in [0.1, 0.15) is 6.61 Å². The molecule has 0 amide bonds. The Morgan fingerprint density at radius 2 is 0.597 bits per heavy atom. The number of hydrogen-bond acceptors (Lipinski definition) is 5. The number of aliphatic hydroxyl groups is 1. The van der Waals surface area contributed by atoms with E-state index in [1.165, 1.54) is 250 Å². The molecule has 0 aliphatic rings. The van der Waals surface area contributed by atoms with E-state index in [9.17, 15) is 14.7 Å². The highest BCUT2D eigenvalue weighted by atomic mass is 16.6. The van der Waals surface area contributed by atoms with Crippen LogP contribution in [0, 0.1) is 0 Å². The summed E-state index contributed by atoms with van der Waals surface area (Å²) in [4.78, 5) is 24.4. The van der Waals surface area contributed by atoms with Gasteiger partial charge >= 0.3 is 11.9 Å². The Bertz CT molecular complexity index is 1060. The summed E-state index contributed by atoms with van der Waals surface area (Å²) in [6.45, 7) is 4.15. The zero-order valence-electron chi connectivity index (χ0n) is 45.2. The van der Waals surface area contributed by atoms with Crippen molar-refractivity contribution < 1.29 is 24.2 Å². The number of ether oxygens (including phenoxy) is 2. The molecule has 394 valence electrons. The maximum absolute atomic E-state index is 12.3. The van der Waals surface area contributed by atoms with Crippen molar-refractivity contribution in [1.29, 1.82) is 0 Å². The van der Waals surface area contributed by atoms with Crippen LogP contribution in [-0.4, -0.2) is 36.4 Å². The molecule has 0 aliphatic heterocycles. The number of unbranched alkanes of at least 4 members (excludes halogenated alkanes) is 42. The Morgan fingerprint density at radius 3 is 0.896 bits per heavy atom. The van der Waals surface area contributed by atoms with Crippen LogP contribution in [0.4, 0.5) is 0 Å². The number of allylic oxidation sites excluding steroid dienone is 6. The topological polar surface area (TPSA) is 72.8 Å². The molecule has 0 rings (SSSR count). The van der Waals surface area contributed by atoms with Crippen LogP contribution in [0.5, 0.6) is 0 Å². The lowest BCUT2D eigenvalue weighted by molar-refractivity contribution is -0.161. The van der Waals surface area contributed by atoms with Gasteiger partial charge in [0.2, 0.25) is 0 Å². The Balaban J connectivity index is 3.36. The monoisotopic (exact) mass is 941 g/mol. The zero-order valence-corrected chi connectivity index (χ0v) is 45.2. The lowest BCUT2D eigenvalue weighted by Crippen LogP contribution is -2.28. The Kier molecular flexibility index (Phi) is 56.8. The summed E-state index contributed by atoms with van der Waals surface area (Å²) in [5, 5.41) is 9.63. The lowest BCUT2D eigenvalue weighted by atomic mass is 10.0. The van der Waals surface area contributed by atoms with E-state index in [4.69, 9.17) is 9.47 Å². The maximum atomic E-state index is 12.3. The fourth-order valence-electron chi connectivity index (χ4n) is 9.11. The average molecular weight is 942 g/mol. The van der Waals surface area contributed by atoms with E-state index < -0.39 is 6.10 Å². The van der Waals surface area contributed by atoms with Crippen LogP contribution in [0.1, 0.15) is 328 Å². The minimum atomic E-state index is -0.772. The molecular formula is C62H116O5. The molecule has 0 bridgehead atoms. The smallest absolute Gasteiger partial charge is 0.306 e. The van der Waals surface area contributed by atoms with E-state index in [0.29, 0.717) is 12.8 Å². The highest BCUT2D eigenvalue weighted by Gasteiger charge is 2.16. The van der Waals surface area contributed by atoms with Crippen molar-refractivity contribution in [3.8, 4) is 0 Å². The molecule has 0 radical (unpaired) electrons. The second kappa shape index (κ2) is 58.4. The maximum Gasteiger partial charge on any atom is 0.306 e. The van der Waals surface area contributed by atoms with Gasteiger partial charge in [-0.1, -0.05) is 281 Å². The molecular weight excluding hydrogens is 825 g/mol. The molecule has 1 unspecified atom stereocenters. The first-order valence-electron chi connectivity index (χ1n) is 30.0. The molecule has 1 N–H and O–H groups in total. The molecule has 0 saturated heterocycles. The fourth-order valence-corrected chi connectivity index (χ4v) is 9.11. The zero-order chi connectivity index (χ0) is 48.5. The molecule has 5 nitrogen and oxygen atoms in total. The van der Waals surface area contributed by atoms with E-state index in [1.807, 2.05) is 0 Å². The quantitative estimate of drug-likeness (QED) is 0.0374. The van der Waals surface area contributed by atoms with Gasteiger partial charge in [-0.15, -0.1) is 0 Å². The van der Waals surface area contributed by atoms with Crippen molar-refractivity contribution in [2.24, 2.45) is 0 Å². The summed E-state index contributed by atoms with van der Waals surface area (Å²) in [6.07, 6.45) is 75.9. The summed E-state index contributed by atoms with van der Waals surface area (Å²) >= 11 is 0. The third-order valence-corrected chi connectivity index (χ3v) is 13.7. The minimum absolute atomic E-state index is 0.0653. The van der Waals surface area contributed by atoms with Crippen LogP contribution in [0.2, 0.25) is 0 Å². The summed E-state index contributed by atoms with van der Waals surface area (Å²) in [6, 6.07) is 0. The largest absolute Gasteiger partial charge is 0.462 e. The second-order valence-corrected chi connectivity index (χ2v) is 20.4. The number of carbonyl (C=O) groups excluding carboxylic acids is 2. The molecule has 0 aromatic carbocycles. The van der Waals surface area contributed by atoms with Gasteiger partial charge in [0, 0.05) is 12.8 Å². The minimum Gasteiger partial charge on any atom is -0.462 e. The fraction of sp³-hybridized carbons (Fsp3) is 0.871. The van der Waals surface area contributed by atoms with Crippen LogP contribution in [0.3, 0.4) is 0 Å². The van der Waals surface area contributed by atoms with E-state index >= 15 is 0 Å². The number of rotatable bonds is 56. The van der Waals surface area contributed by atoms with Crippen LogP contribution < -0.4 is 0 Å². The van der Waals surface area contributed by atoms with E-state index in [0.717, 1.165) is 51.4 Å². The normalized spacial score (nSPS) is 12.3. The predicted octanol–water partition coefficient (Wildman–Crippen LogP) is 20.3. The molecule has 1 atom stereocenters. The Labute approximate surface area is 418 Å². The SMILES string of the molecule is CCCCCCC/C=C\C/C=C\CCCCCCCCCCCCCCCCCCCCCCCCCCCCCC(=O)OC(CO)COC(=O)CCCCCCC/C=C\CCCCCCC. The van der Waals surface area contributed by atoms with Crippen LogP contribution in [-0.2, 0) is 19.1 Å². The second-order valence-electron chi connectivity index (χ2n) is 20.4. The lowest BCUT2D eigenvalue weighted by Gasteiger charge is -2.15. The molecule has 0 saturated carbocycles. The van der Waals surface area contributed by atoms with Gasteiger partial charge in [-0.05, 0) is 70.6 Å². The number of carbonyl (C=O) groups is 2. The third kappa shape index (κ3) is 56.6. The standard InChI is InChI=1S/C62H116O5/c1-3-5-7-9-11-13-15-17-19-20-21-22-23-24-25-26-27-28-29-30-31-32-33-34-35-36-37-38-39-40-41-42-43-45-47-49-51-53-55-57-62(65)67-60(58-63)59-66-61(64)56-54-52-50-48-46-44-18-16-14-12-10-8-6-4-2/h15-18,20-21,60,63H,3-14,19,22-59H2,1-2H3/b17-15-,18-16-,21-20-. The van der Waals surface area contributed by atoms with Gasteiger partial charge in [-0.3, -0.25) is 9.59 Å². The van der Waals surface area contributed by atoms with Crippen molar-refractivity contribution in [1.82, 2.24) is 0 Å². The van der Waals surface area contributed by atoms with Crippen LogP contribution in [0.15, 0.2) is 36.5 Å². The van der Waals surface area contributed by atoms with Gasteiger partial charge in [0.25, 0.3) is 0 Å². The highest BCUT2D eigenvalue weighted by Crippen LogP contribution is 2.18. The van der Waals surface area contributed by atoms with Crippen molar-refractivity contribution in [3.63, 3.8) is 0 Å². The van der Waals surface area contributed by atoms with E-state index in [2.05, 4.69) is 50.3 Å². The first-order valence-corrected chi connectivity index (χ1v) is 30.0. The molecule has 0 aliphatic carbocycles. The number of aliphatic hydroxyl groups excluding tert-OH is 1. The molecule has 0 fully saturated rings. The number of esters is 2. The molecule has 67 heavy (non-hydrogen) atoms. The predicted molar refractivity (Wildman–Crippen MR) is 293 cm³/mol. The Morgan fingerprint density at radius 1 is 0.343 bits per heavy atom. The van der Waals surface area contributed by atoms with Gasteiger partial charge < -0.3 is 14.6 Å². The summed E-state index contributed by atoms with van der Waals surface area (Å²) in [5.41, 5.74) is 0. The van der Waals surface area contributed by atoms with Gasteiger partial charge in [-0.2, -0.15) is 0 Å². The van der Waals surface area contributed by atoms with E-state index in [1.54, 1.807) is 0 Å². The molecule has 0 heterocycles. The molecule has 0 aromatic rings. The third-order valence-electron chi connectivity index (χ3n) is 13.7. The van der Waals surface area contributed by atoms with Crippen LogP contribution >= 0.6 is 0 Å². The summed E-state index contributed by atoms with van der Waals surface area (Å²) in [5.74, 6) is -0.585. The summed E-state index contributed by atoms with van der Waals surface area (Å²) in [7, 11) is 0. The Hall–Kier alpha value is -1.88. The van der Waals surface area contributed by atoms with Crippen molar-refractivity contribution in [2.45, 2.75) is 335 Å².